The summed E-state index contributed by atoms with van der Waals surface area (Å²) in [4.78, 5) is 37.7. The molecule has 0 spiro atoms. The van der Waals surface area contributed by atoms with E-state index in [0.29, 0.717) is 10.6 Å². The Hall–Kier alpha value is -2.62. The number of nitrogens with zero attached hydrogens (tertiary/aromatic N) is 1. The topological polar surface area (TPSA) is 120 Å². The van der Waals surface area contributed by atoms with Crippen molar-refractivity contribution in [2.45, 2.75) is 31.8 Å². The Balaban J connectivity index is 1.70. The number of aliphatic hydroxyl groups is 1. The normalized spacial score (nSPS) is 21.8. The molecule has 2 heterocycles. The lowest BCUT2D eigenvalue weighted by Gasteiger charge is -2.16. The Morgan fingerprint density at radius 3 is 2.74 bits per heavy atom. The third-order valence-electron chi connectivity index (χ3n) is 4.08. The minimum atomic E-state index is -0.977. The van der Waals surface area contributed by atoms with Gasteiger partial charge in [-0.05, 0) is 31.2 Å². The van der Waals surface area contributed by atoms with E-state index in [2.05, 4.69) is 4.98 Å². The van der Waals surface area contributed by atoms with E-state index < -0.39 is 42.4 Å². The second kappa shape index (κ2) is 7.95. The quantitative estimate of drug-likeness (QED) is 0.591. The molecule has 10 heteroatoms. The molecular weight excluding hydrogens is 380 g/mol. The van der Waals surface area contributed by atoms with Crippen LogP contribution in [-0.4, -0.2) is 39.6 Å². The molecule has 3 rings (SSSR count). The standard InChI is InChI=1S/C17H17ClN2O7/c1-9-7-20(16(23)19-15(9)22)14-6-12(13(8-21)26-14)27-17(24)25-11-4-2-10(18)3-5-11/h2-5,7,12-14,21H,6,8H2,1H3,(H,19,22,23)/t12-,13-,14-/m1/s1. The van der Waals surface area contributed by atoms with Crippen molar-refractivity contribution in [2.24, 2.45) is 0 Å². The number of aryl methyl sites for hydroxylation is 1. The molecule has 2 aromatic rings. The Bertz CT molecular complexity index is 938. The van der Waals surface area contributed by atoms with E-state index in [4.69, 9.17) is 25.8 Å². The highest BCUT2D eigenvalue weighted by Crippen LogP contribution is 2.30. The summed E-state index contributed by atoms with van der Waals surface area (Å²) in [6.45, 7) is 1.12. The highest BCUT2D eigenvalue weighted by Gasteiger charge is 2.39. The second-order valence-electron chi connectivity index (χ2n) is 5.99. The highest BCUT2D eigenvalue weighted by atomic mass is 35.5. The molecule has 0 amide bonds. The lowest BCUT2D eigenvalue weighted by atomic mass is 10.2. The monoisotopic (exact) mass is 396 g/mol. The van der Waals surface area contributed by atoms with Gasteiger partial charge < -0.3 is 19.3 Å². The van der Waals surface area contributed by atoms with Crippen molar-refractivity contribution in [1.29, 1.82) is 0 Å². The molecule has 1 fully saturated rings. The Labute approximate surface area is 158 Å². The maximum absolute atomic E-state index is 12.0. The molecule has 1 aliphatic rings. The van der Waals surface area contributed by atoms with Crippen LogP contribution in [-0.2, 0) is 9.47 Å². The molecule has 3 atom stereocenters. The van der Waals surface area contributed by atoms with Gasteiger partial charge in [-0.1, -0.05) is 11.6 Å². The predicted molar refractivity (Wildman–Crippen MR) is 94.0 cm³/mol. The largest absolute Gasteiger partial charge is 0.514 e. The summed E-state index contributed by atoms with van der Waals surface area (Å²) < 4.78 is 17.1. The maximum atomic E-state index is 12.0. The maximum Gasteiger partial charge on any atom is 0.514 e. The van der Waals surface area contributed by atoms with Crippen LogP contribution in [0.15, 0.2) is 40.1 Å². The van der Waals surface area contributed by atoms with Gasteiger partial charge >= 0.3 is 11.8 Å². The average Bonchev–Trinajstić information content (AvgIpc) is 3.02. The second-order valence-corrected chi connectivity index (χ2v) is 6.42. The predicted octanol–water partition coefficient (Wildman–Crippen LogP) is 1.36. The van der Waals surface area contributed by atoms with Crippen molar-refractivity contribution in [3.05, 3.63) is 61.9 Å². The summed E-state index contributed by atoms with van der Waals surface area (Å²) in [6, 6.07) is 6.12. The number of benzene rings is 1. The zero-order valence-corrected chi connectivity index (χ0v) is 15.0. The smallest absolute Gasteiger partial charge is 0.428 e. The number of hydrogen-bond acceptors (Lipinski definition) is 7. The first-order valence-corrected chi connectivity index (χ1v) is 8.47. The van der Waals surface area contributed by atoms with Crippen molar-refractivity contribution in [3.8, 4) is 5.75 Å². The van der Waals surface area contributed by atoms with Gasteiger partial charge in [0.25, 0.3) is 5.56 Å². The summed E-state index contributed by atoms with van der Waals surface area (Å²) in [7, 11) is 0. The van der Waals surface area contributed by atoms with E-state index in [1.165, 1.54) is 22.9 Å². The Morgan fingerprint density at radius 2 is 2.07 bits per heavy atom. The first kappa shape index (κ1) is 19.2. The number of H-pyrrole nitrogens is 1. The van der Waals surface area contributed by atoms with Crippen molar-refractivity contribution in [1.82, 2.24) is 9.55 Å². The highest BCUT2D eigenvalue weighted by molar-refractivity contribution is 6.30. The van der Waals surface area contributed by atoms with Crippen LogP contribution in [0.5, 0.6) is 5.75 Å². The SMILES string of the molecule is Cc1cn([C@H]2C[C@@H](OC(=O)Oc3ccc(Cl)cc3)[C@@H](CO)O2)c(=O)[nH]c1=O. The number of halogens is 1. The van der Waals surface area contributed by atoms with Gasteiger partial charge in [-0.25, -0.2) is 9.59 Å². The third kappa shape index (κ3) is 4.38. The molecule has 0 unspecified atom stereocenters. The Kier molecular flexibility index (Phi) is 5.64. The average molecular weight is 397 g/mol. The van der Waals surface area contributed by atoms with Crippen molar-refractivity contribution >= 4 is 17.8 Å². The zero-order valence-electron chi connectivity index (χ0n) is 14.3. The van der Waals surface area contributed by atoms with Gasteiger partial charge in [0.15, 0.2) is 0 Å². The fraction of sp³-hybridized carbons (Fsp3) is 0.353. The number of aromatic nitrogens is 2. The Morgan fingerprint density at radius 1 is 1.37 bits per heavy atom. The van der Waals surface area contributed by atoms with Gasteiger partial charge in [0.05, 0.1) is 6.61 Å². The van der Waals surface area contributed by atoms with Crippen molar-refractivity contribution in [3.63, 3.8) is 0 Å². The van der Waals surface area contributed by atoms with Crippen LogP contribution in [0.3, 0.4) is 0 Å². The van der Waals surface area contributed by atoms with Gasteiger partial charge in [-0.15, -0.1) is 0 Å². The molecule has 2 N–H and O–H groups in total. The van der Waals surface area contributed by atoms with E-state index in [1.54, 1.807) is 19.1 Å². The van der Waals surface area contributed by atoms with Crippen LogP contribution >= 0.6 is 11.6 Å². The molecule has 1 saturated heterocycles. The summed E-state index contributed by atoms with van der Waals surface area (Å²) in [6.07, 6.45) is -2.00. The van der Waals surface area contributed by atoms with Gasteiger partial charge in [-0.3, -0.25) is 14.3 Å². The lowest BCUT2D eigenvalue weighted by molar-refractivity contribution is -0.0526. The number of rotatable bonds is 4. The molecule has 1 aliphatic heterocycles. The van der Waals surface area contributed by atoms with Crippen LogP contribution in [0, 0.1) is 6.92 Å². The van der Waals surface area contributed by atoms with Crippen molar-refractivity contribution in [2.75, 3.05) is 6.61 Å². The zero-order chi connectivity index (χ0) is 19.6. The first-order chi connectivity index (χ1) is 12.9. The van der Waals surface area contributed by atoms with Gasteiger partial charge in [-0.2, -0.15) is 0 Å². The fourth-order valence-electron chi connectivity index (χ4n) is 2.71. The van der Waals surface area contributed by atoms with E-state index in [0.717, 1.165) is 0 Å². The van der Waals surface area contributed by atoms with Crippen LogP contribution in [0.25, 0.3) is 0 Å². The van der Waals surface area contributed by atoms with E-state index in [9.17, 15) is 19.5 Å². The van der Waals surface area contributed by atoms with E-state index in [1.807, 2.05) is 0 Å². The molecule has 0 saturated carbocycles. The van der Waals surface area contributed by atoms with Crippen molar-refractivity contribution < 1.29 is 24.1 Å². The first-order valence-electron chi connectivity index (χ1n) is 8.10. The molecule has 1 aromatic carbocycles. The van der Waals surface area contributed by atoms with Crippen LogP contribution < -0.4 is 16.0 Å². The summed E-state index contributed by atoms with van der Waals surface area (Å²) >= 11 is 5.77. The molecule has 0 radical (unpaired) electrons. The fourth-order valence-corrected chi connectivity index (χ4v) is 2.83. The van der Waals surface area contributed by atoms with Crippen LogP contribution in [0.2, 0.25) is 5.02 Å². The number of aliphatic hydroxyl groups excluding tert-OH is 1. The number of hydrogen-bond donors (Lipinski definition) is 2. The number of ether oxygens (including phenoxy) is 3. The van der Waals surface area contributed by atoms with Crippen LogP contribution in [0.1, 0.15) is 18.2 Å². The molecule has 0 bridgehead atoms. The lowest BCUT2D eigenvalue weighted by Crippen LogP contribution is -2.33. The number of aromatic amines is 1. The van der Waals surface area contributed by atoms with E-state index in [-0.39, 0.29) is 12.2 Å². The molecule has 0 aliphatic carbocycles. The summed E-state index contributed by atoms with van der Waals surface area (Å²) in [5.74, 6) is 0.243. The van der Waals surface area contributed by atoms with Gasteiger partial charge in [0, 0.05) is 23.2 Å². The third-order valence-corrected chi connectivity index (χ3v) is 4.33. The minimum absolute atomic E-state index is 0.104. The number of carbonyl (C=O) groups is 1. The van der Waals surface area contributed by atoms with E-state index >= 15 is 0 Å². The molecule has 144 valence electrons. The van der Waals surface area contributed by atoms with Gasteiger partial charge in [0.1, 0.15) is 24.2 Å². The molecular formula is C17H17ClN2O7. The summed E-state index contributed by atoms with van der Waals surface area (Å²) in [5.41, 5.74) is -0.825. The van der Waals surface area contributed by atoms with Gasteiger partial charge in [0.2, 0.25) is 0 Å². The molecule has 27 heavy (non-hydrogen) atoms. The minimum Gasteiger partial charge on any atom is -0.428 e. The number of carbonyl (C=O) groups excluding carboxylic acids is 1. The number of nitrogens with one attached hydrogen (secondary N) is 1. The van der Waals surface area contributed by atoms with Crippen LogP contribution in [0.4, 0.5) is 4.79 Å². The summed E-state index contributed by atoms with van der Waals surface area (Å²) in [5, 5.41) is 9.98. The molecule has 9 nitrogen and oxygen atoms in total. The molecule has 1 aromatic heterocycles.